The number of carbonyl (C=O) groups is 1. The number of ether oxygens (including phenoxy) is 2. The summed E-state index contributed by atoms with van der Waals surface area (Å²) in [4.78, 5) is 11.7. The van der Waals surface area contributed by atoms with Crippen LogP contribution < -0.4 is 4.74 Å². The van der Waals surface area contributed by atoms with Crippen LogP contribution >= 0.6 is 0 Å². The maximum Gasteiger partial charge on any atom is 0.333 e. The van der Waals surface area contributed by atoms with Crippen LogP contribution in [0.5, 0.6) is 5.75 Å². The van der Waals surface area contributed by atoms with Crippen molar-refractivity contribution in [2.45, 2.75) is 32.6 Å². The summed E-state index contributed by atoms with van der Waals surface area (Å²) in [5, 5.41) is 0. The predicted molar refractivity (Wildman–Crippen MR) is 77.1 cm³/mol. The zero-order valence-electron chi connectivity index (χ0n) is 11.9. The van der Waals surface area contributed by atoms with Gasteiger partial charge in [0.25, 0.3) is 0 Å². The van der Waals surface area contributed by atoms with Gasteiger partial charge in [-0.05, 0) is 36.6 Å². The molecule has 1 aromatic carbocycles. The van der Waals surface area contributed by atoms with E-state index in [1.54, 1.807) is 7.11 Å². The minimum atomic E-state index is -0.244. The van der Waals surface area contributed by atoms with Crippen molar-refractivity contribution in [2.24, 2.45) is 0 Å². The molecule has 0 fully saturated rings. The summed E-state index contributed by atoms with van der Waals surface area (Å²) in [5.41, 5.74) is 1.71. The fourth-order valence-corrected chi connectivity index (χ4v) is 1.83. The van der Waals surface area contributed by atoms with Crippen molar-refractivity contribution in [3.63, 3.8) is 0 Å². The van der Waals surface area contributed by atoms with E-state index in [4.69, 9.17) is 9.47 Å². The molecule has 0 aliphatic carbocycles. The number of carbonyl (C=O) groups excluding carboxylic acids is 1. The van der Waals surface area contributed by atoms with Crippen LogP contribution in [0.3, 0.4) is 0 Å². The molecule has 104 valence electrons. The molecule has 0 N–H and O–H groups in total. The van der Waals surface area contributed by atoms with Gasteiger partial charge in [-0.15, -0.1) is 0 Å². The fourth-order valence-electron chi connectivity index (χ4n) is 1.83. The molecule has 0 saturated heterocycles. The summed E-state index contributed by atoms with van der Waals surface area (Å²) in [7, 11) is 3.06. The second-order valence-corrected chi connectivity index (χ2v) is 4.39. The monoisotopic (exact) mass is 262 g/mol. The molecule has 0 unspecified atom stereocenters. The molecule has 1 aromatic rings. The van der Waals surface area contributed by atoms with Gasteiger partial charge in [-0.2, -0.15) is 0 Å². The Balaban J connectivity index is 2.81. The molecule has 0 heterocycles. The Morgan fingerprint density at radius 3 is 2.37 bits per heavy atom. The molecule has 3 nitrogen and oxygen atoms in total. The average Bonchev–Trinajstić information content (AvgIpc) is 2.46. The van der Waals surface area contributed by atoms with Gasteiger partial charge in [0.05, 0.1) is 14.2 Å². The van der Waals surface area contributed by atoms with Crippen molar-refractivity contribution in [2.75, 3.05) is 14.2 Å². The van der Waals surface area contributed by atoms with Gasteiger partial charge in [-0.25, -0.2) is 4.79 Å². The molecule has 0 aliphatic rings. The summed E-state index contributed by atoms with van der Waals surface area (Å²) in [5.74, 6) is 0.565. The summed E-state index contributed by atoms with van der Waals surface area (Å²) in [6.07, 6.45) is 5.91. The minimum absolute atomic E-state index is 0.244. The summed E-state index contributed by atoms with van der Waals surface area (Å²) in [6.45, 7) is 2.14. The minimum Gasteiger partial charge on any atom is -0.497 e. The highest BCUT2D eigenvalue weighted by Crippen LogP contribution is 2.17. The molecule has 0 spiro atoms. The quantitative estimate of drug-likeness (QED) is 0.425. The maximum absolute atomic E-state index is 11.7. The highest BCUT2D eigenvalue weighted by Gasteiger charge is 2.09. The highest BCUT2D eigenvalue weighted by molar-refractivity contribution is 5.93. The Bertz CT molecular complexity index is 418. The molecule has 0 radical (unpaired) electrons. The Hall–Kier alpha value is -1.77. The molecule has 0 atom stereocenters. The van der Waals surface area contributed by atoms with Gasteiger partial charge >= 0.3 is 5.97 Å². The van der Waals surface area contributed by atoms with E-state index in [0.717, 1.165) is 42.6 Å². The first-order valence-electron chi connectivity index (χ1n) is 6.64. The van der Waals surface area contributed by atoms with E-state index < -0.39 is 0 Å². The Labute approximate surface area is 115 Å². The van der Waals surface area contributed by atoms with Gasteiger partial charge in [-0.3, -0.25) is 0 Å². The molecular formula is C16H22O3. The standard InChI is InChI=1S/C16H22O3/c1-4-5-6-7-14(16(17)19-3)12-13-8-10-15(18-2)11-9-13/h8-12H,4-7H2,1-3H3/b14-12+. The normalized spacial score (nSPS) is 11.2. The Kier molecular flexibility index (Phi) is 6.72. The molecule has 1 rings (SSSR count). The summed E-state index contributed by atoms with van der Waals surface area (Å²) < 4.78 is 9.94. The van der Waals surface area contributed by atoms with Gasteiger partial charge in [0.1, 0.15) is 5.75 Å². The van der Waals surface area contributed by atoms with Gasteiger partial charge in [0, 0.05) is 5.57 Å². The lowest BCUT2D eigenvalue weighted by molar-refractivity contribution is -0.136. The van der Waals surface area contributed by atoms with E-state index in [-0.39, 0.29) is 5.97 Å². The largest absolute Gasteiger partial charge is 0.497 e. The van der Waals surface area contributed by atoms with Gasteiger partial charge in [-0.1, -0.05) is 31.9 Å². The first kappa shape index (κ1) is 15.3. The van der Waals surface area contributed by atoms with Crippen LogP contribution in [0.2, 0.25) is 0 Å². The van der Waals surface area contributed by atoms with Crippen LogP contribution in [0, 0.1) is 0 Å². The highest BCUT2D eigenvalue weighted by atomic mass is 16.5. The molecule has 0 aliphatic heterocycles. The molecule has 0 aromatic heterocycles. The van der Waals surface area contributed by atoms with Gasteiger partial charge in [0.15, 0.2) is 0 Å². The number of benzene rings is 1. The van der Waals surface area contributed by atoms with Crippen LogP contribution in [0.15, 0.2) is 29.8 Å². The van der Waals surface area contributed by atoms with E-state index in [9.17, 15) is 4.79 Å². The van der Waals surface area contributed by atoms with E-state index in [2.05, 4.69) is 6.92 Å². The van der Waals surface area contributed by atoms with Crippen molar-refractivity contribution in [1.82, 2.24) is 0 Å². The third-order valence-corrected chi connectivity index (χ3v) is 2.95. The van der Waals surface area contributed by atoms with E-state index >= 15 is 0 Å². The molecule has 0 saturated carbocycles. The SMILES string of the molecule is CCCCC/C(=C\c1ccc(OC)cc1)C(=O)OC. The first-order valence-corrected chi connectivity index (χ1v) is 6.64. The maximum atomic E-state index is 11.7. The molecular weight excluding hydrogens is 240 g/mol. The zero-order valence-corrected chi connectivity index (χ0v) is 11.9. The summed E-state index contributed by atoms with van der Waals surface area (Å²) >= 11 is 0. The lowest BCUT2D eigenvalue weighted by atomic mass is 10.0. The Morgan fingerprint density at radius 1 is 1.16 bits per heavy atom. The number of methoxy groups -OCH3 is 2. The third-order valence-electron chi connectivity index (χ3n) is 2.95. The molecule has 0 amide bonds. The third kappa shape index (κ3) is 5.16. The van der Waals surface area contributed by atoms with E-state index in [0.29, 0.717) is 0 Å². The number of unbranched alkanes of at least 4 members (excludes halogenated alkanes) is 2. The van der Waals surface area contributed by atoms with E-state index in [1.807, 2.05) is 30.3 Å². The van der Waals surface area contributed by atoms with Crippen molar-refractivity contribution in [1.29, 1.82) is 0 Å². The Morgan fingerprint density at radius 2 is 1.84 bits per heavy atom. The second-order valence-electron chi connectivity index (χ2n) is 4.39. The van der Waals surface area contributed by atoms with Crippen molar-refractivity contribution >= 4 is 12.0 Å². The van der Waals surface area contributed by atoms with Crippen molar-refractivity contribution in [3.05, 3.63) is 35.4 Å². The second kappa shape index (κ2) is 8.35. The number of hydrogen-bond acceptors (Lipinski definition) is 3. The smallest absolute Gasteiger partial charge is 0.333 e. The number of hydrogen-bond donors (Lipinski definition) is 0. The zero-order chi connectivity index (χ0) is 14.1. The topological polar surface area (TPSA) is 35.5 Å². The number of esters is 1. The van der Waals surface area contributed by atoms with Crippen LogP contribution in [0.25, 0.3) is 6.08 Å². The summed E-state index contributed by atoms with van der Waals surface area (Å²) in [6, 6.07) is 7.63. The first-order chi connectivity index (χ1) is 9.21. The number of rotatable bonds is 7. The molecule has 3 heteroatoms. The van der Waals surface area contributed by atoms with Gasteiger partial charge < -0.3 is 9.47 Å². The fraction of sp³-hybridized carbons (Fsp3) is 0.438. The van der Waals surface area contributed by atoms with Crippen LogP contribution in [0.4, 0.5) is 0 Å². The average molecular weight is 262 g/mol. The molecule has 19 heavy (non-hydrogen) atoms. The lowest BCUT2D eigenvalue weighted by Crippen LogP contribution is -2.04. The van der Waals surface area contributed by atoms with Crippen LogP contribution in [-0.4, -0.2) is 20.2 Å². The van der Waals surface area contributed by atoms with Crippen molar-refractivity contribution < 1.29 is 14.3 Å². The predicted octanol–water partition coefficient (Wildman–Crippen LogP) is 3.83. The van der Waals surface area contributed by atoms with Gasteiger partial charge in [0.2, 0.25) is 0 Å². The lowest BCUT2D eigenvalue weighted by Gasteiger charge is -2.06. The van der Waals surface area contributed by atoms with E-state index in [1.165, 1.54) is 7.11 Å². The van der Waals surface area contributed by atoms with Crippen LogP contribution in [0.1, 0.15) is 38.2 Å². The van der Waals surface area contributed by atoms with Crippen molar-refractivity contribution in [3.8, 4) is 5.75 Å². The van der Waals surface area contributed by atoms with Crippen LogP contribution in [-0.2, 0) is 9.53 Å². The molecule has 0 bridgehead atoms.